The summed E-state index contributed by atoms with van der Waals surface area (Å²) in [5.41, 5.74) is -0.406. The highest BCUT2D eigenvalue weighted by Crippen LogP contribution is 2.33. The lowest BCUT2D eigenvalue weighted by Crippen LogP contribution is -2.54. The number of alkyl halides is 3. The van der Waals surface area contributed by atoms with E-state index in [1.807, 2.05) is 0 Å². The van der Waals surface area contributed by atoms with E-state index < -0.39 is 30.1 Å². The summed E-state index contributed by atoms with van der Waals surface area (Å²) < 4.78 is 42.7. The molecule has 25 heavy (non-hydrogen) atoms. The number of anilines is 1. The van der Waals surface area contributed by atoms with E-state index in [2.05, 4.69) is 10.1 Å². The molecule has 1 unspecified atom stereocenters. The van der Waals surface area contributed by atoms with E-state index in [1.54, 1.807) is 0 Å². The highest BCUT2D eigenvalue weighted by molar-refractivity contribution is 6.29. The molecule has 7 nitrogen and oxygen atoms in total. The van der Waals surface area contributed by atoms with Gasteiger partial charge in [-0.15, -0.1) is 0 Å². The van der Waals surface area contributed by atoms with Crippen LogP contribution in [0.15, 0.2) is 23.1 Å². The predicted molar refractivity (Wildman–Crippen MR) is 82.9 cm³/mol. The monoisotopic (exact) mass is 375 g/mol. The summed E-state index contributed by atoms with van der Waals surface area (Å²) in [5, 5.41) is 3.61. The van der Waals surface area contributed by atoms with Gasteiger partial charge in [0.05, 0.1) is 6.54 Å². The highest BCUT2D eigenvalue weighted by Gasteiger charge is 2.47. The van der Waals surface area contributed by atoms with Gasteiger partial charge in [-0.1, -0.05) is 11.6 Å². The van der Waals surface area contributed by atoms with Crippen LogP contribution in [-0.2, 0) is 13.6 Å². The molecule has 0 N–H and O–H groups in total. The molecule has 0 aromatic carbocycles. The van der Waals surface area contributed by atoms with Crippen molar-refractivity contribution in [1.82, 2.24) is 19.3 Å². The normalized spacial score (nSPS) is 17.5. The molecule has 1 aliphatic rings. The average Bonchev–Trinajstić information content (AvgIpc) is 2.92. The minimum Gasteiger partial charge on any atom is -0.322 e. The van der Waals surface area contributed by atoms with Gasteiger partial charge in [-0.05, 0) is 12.5 Å². The number of nitrogens with zero attached hydrogens (tertiary/aromatic N) is 5. The maximum absolute atomic E-state index is 13.4. The Labute approximate surface area is 144 Å². The van der Waals surface area contributed by atoms with E-state index in [1.165, 1.54) is 24.0 Å². The third-order valence-electron chi connectivity index (χ3n) is 4.01. The van der Waals surface area contributed by atoms with Gasteiger partial charge >= 0.3 is 6.18 Å². The van der Waals surface area contributed by atoms with Crippen LogP contribution in [0.5, 0.6) is 0 Å². The Hall–Kier alpha value is -2.36. The smallest absolute Gasteiger partial charge is 0.322 e. The van der Waals surface area contributed by atoms with Crippen molar-refractivity contribution < 1.29 is 18.0 Å². The van der Waals surface area contributed by atoms with Crippen molar-refractivity contribution in [3.63, 3.8) is 0 Å². The summed E-state index contributed by atoms with van der Waals surface area (Å²) in [5.74, 6) is -0.835. The summed E-state index contributed by atoms with van der Waals surface area (Å²) in [7, 11) is 1.51. The first-order chi connectivity index (χ1) is 11.7. The molecule has 1 aliphatic heterocycles. The van der Waals surface area contributed by atoms with Gasteiger partial charge in [-0.2, -0.15) is 18.3 Å². The van der Waals surface area contributed by atoms with Gasteiger partial charge in [0.1, 0.15) is 16.9 Å². The molecule has 0 aliphatic carbocycles. The van der Waals surface area contributed by atoms with Crippen molar-refractivity contribution in [2.75, 3.05) is 11.4 Å². The van der Waals surface area contributed by atoms with Crippen LogP contribution in [0.2, 0.25) is 5.15 Å². The molecule has 1 atom stereocenters. The van der Waals surface area contributed by atoms with Gasteiger partial charge in [0.2, 0.25) is 5.95 Å². The Kier molecular flexibility index (Phi) is 4.31. The van der Waals surface area contributed by atoms with E-state index >= 15 is 0 Å². The molecular weight excluding hydrogens is 363 g/mol. The molecule has 0 saturated heterocycles. The second kappa shape index (κ2) is 6.17. The number of carbonyl (C=O) groups is 1. The number of fused-ring (bicyclic) bond motifs is 1. The largest absolute Gasteiger partial charge is 0.408 e. The number of hydrogen-bond acceptors (Lipinski definition) is 5. The van der Waals surface area contributed by atoms with Crippen molar-refractivity contribution in [2.45, 2.75) is 25.2 Å². The first-order valence-corrected chi connectivity index (χ1v) is 7.68. The van der Waals surface area contributed by atoms with E-state index in [0.29, 0.717) is 0 Å². The maximum atomic E-state index is 13.4. The molecular formula is C14H13ClF3N5O2. The minimum atomic E-state index is -4.59. The molecule has 3 heterocycles. The summed E-state index contributed by atoms with van der Waals surface area (Å²) >= 11 is 5.74. The van der Waals surface area contributed by atoms with E-state index in [-0.39, 0.29) is 29.8 Å². The third-order valence-corrected chi connectivity index (χ3v) is 4.21. The zero-order chi connectivity index (χ0) is 18.4. The number of rotatable bonds is 3. The number of carbonyl (C=O) groups excluding carboxylic acids is 1. The van der Waals surface area contributed by atoms with Gasteiger partial charge < -0.3 is 4.90 Å². The van der Waals surface area contributed by atoms with Crippen molar-refractivity contribution in [1.29, 1.82) is 0 Å². The van der Waals surface area contributed by atoms with Crippen LogP contribution in [0.25, 0.3) is 0 Å². The Morgan fingerprint density at radius 1 is 1.44 bits per heavy atom. The van der Waals surface area contributed by atoms with Gasteiger partial charge in [-0.25, -0.2) is 4.98 Å². The minimum absolute atomic E-state index is 0.154. The molecule has 2 aromatic heterocycles. The number of hydrogen-bond donors (Lipinski definition) is 0. The molecule has 0 radical (unpaired) electrons. The molecule has 0 spiro atoms. The molecule has 11 heteroatoms. The maximum Gasteiger partial charge on any atom is 0.408 e. The van der Waals surface area contributed by atoms with Crippen LogP contribution in [0.3, 0.4) is 0 Å². The number of Topliss-reactive ketones (excluding diaryl/α,β-unsaturated/α-hetero) is 1. The first-order valence-electron chi connectivity index (χ1n) is 7.30. The number of halogens is 4. The van der Waals surface area contributed by atoms with Crippen LogP contribution >= 0.6 is 11.6 Å². The fraction of sp³-hybridized carbons (Fsp3) is 0.429. The van der Waals surface area contributed by atoms with E-state index in [4.69, 9.17) is 11.6 Å². The van der Waals surface area contributed by atoms with Gasteiger partial charge in [0.25, 0.3) is 5.56 Å². The zero-order valence-electron chi connectivity index (χ0n) is 13.0. The predicted octanol–water partition coefficient (Wildman–Crippen LogP) is 1.65. The van der Waals surface area contributed by atoms with Crippen LogP contribution in [0.4, 0.5) is 19.1 Å². The number of aryl methyl sites for hydroxylation is 1. The molecule has 0 amide bonds. The molecule has 3 rings (SSSR count). The third kappa shape index (κ3) is 3.26. The van der Waals surface area contributed by atoms with Gasteiger partial charge in [-0.3, -0.25) is 18.8 Å². The van der Waals surface area contributed by atoms with Crippen LogP contribution in [0, 0.1) is 0 Å². The topological polar surface area (TPSA) is 73.0 Å². The van der Waals surface area contributed by atoms with Crippen LogP contribution in [0.1, 0.15) is 16.9 Å². The lowest BCUT2D eigenvalue weighted by Gasteiger charge is -2.38. The van der Waals surface area contributed by atoms with Gasteiger partial charge in [0.15, 0.2) is 5.78 Å². The molecule has 0 fully saturated rings. The average molecular weight is 376 g/mol. The van der Waals surface area contributed by atoms with E-state index in [9.17, 15) is 22.8 Å². The fourth-order valence-corrected chi connectivity index (χ4v) is 3.02. The molecule has 0 bridgehead atoms. The fourth-order valence-electron chi connectivity index (χ4n) is 2.85. The number of ketones is 1. The molecule has 134 valence electrons. The standard InChI is InChI=1S/C14H13ClF3N5O2/c1-21-8(2-4-19-21)9(24)7-23-10(14(16,17)18)3-5-22-12(25)6-11(15)20-13(22)23/h2,4,6,10H,3,5,7H2,1H3. The molecule has 0 saturated carbocycles. The Bertz CT molecular complexity index is 876. The second-order valence-electron chi connectivity index (χ2n) is 5.61. The second-order valence-corrected chi connectivity index (χ2v) is 5.99. The van der Waals surface area contributed by atoms with Crippen LogP contribution in [-0.4, -0.2) is 43.9 Å². The van der Waals surface area contributed by atoms with Crippen molar-refractivity contribution in [2.24, 2.45) is 7.05 Å². The van der Waals surface area contributed by atoms with Crippen molar-refractivity contribution in [3.8, 4) is 0 Å². The Morgan fingerprint density at radius 3 is 2.76 bits per heavy atom. The van der Waals surface area contributed by atoms with Gasteiger partial charge in [0, 0.05) is 25.9 Å². The summed E-state index contributed by atoms with van der Waals surface area (Å²) in [6, 6.07) is 0.503. The lowest BCUT2D eigenvalue weighted by molar-refractivity contribution is -0.152. The zero-order valence-corrected chi connectivity index (χ0v) is 13.8. The van der Waals surface area contributed by atoms with Crippen molar-refractivity contribution in [3.05, 3.63) is 39.5 Å². The number of aromatic nitrogens is 4. The summed E-state index contributed by atoms with van der Waals surface area (Å²) in [6.07, 6.45) is -3.57. The SMILES string of the molecule is Cn1nccc1C(=O)CN1c2nc(Cl)cc(=O)n2CCC1C(F)(F)F. The van der Waals surface area contributed by atoms with Crippen LogP contribution < -0.4 is 10.5 Å². The summed E-state index contributed by atoms with van der Waals surface area (Å²) in [6.45, 7) is -0.755. The Balaban J connectivity index is 2.04. The first kappa shape index (κ1) is 17.5. The Morgan fingerprint density at radius 2 is 2.16 bits per heavy atom. The van der Waals surface area contributed by atoms with E-state index in [0.717, 1.165) is 15.5 Å². The highest BCUT2D eigenvalue weighted by atomic mass is 35.5. The van der Waals surface area contributed by atoms with Crippen molar-refractivity contribution >= 4 is 23.3 Å². The quantitative estimate of drug-likeness (QED) is 0.602. The molecule has 2 aromatic rings. The lowest BCUT2D eigenvalue weighted by atomic mass is 10.1. The summed E-state index contributed by atoms with van der Waals surface area (Å²) in [4.78, 5) is 29.1.